The van der Waals surface area contributed by atoms with Crippen LogP contribution in [0.5, 0.6) is 0 Å². The van der Waals surface area contributed by atoms with Crippen LogP contribution in [0.15, 0.2) is 89.4 Å². The van der Waals surface area contributed by atoms with Gasteiger partial charge in [0.2, 0.25) is 0 Å². The lowest BCUT2D eigenvalue weighted by Gasteiger charge is -2.32. The van der Waals surface area contributed by atoms with Gasteiger partial charge in [0.25, 0.3) is 0 Å². The monoisotopic (exact) mass is 914 g/mol. The lowest BCUT2D eigenvalue weighted by Crippen LogP contribution is -2.41. The molecule has 0 spiro atoms. The Bertz CT molecular complexity index is 1860. The number of hydrogen-bond donors (Lipinski definition) is 0. The second kappa shape index (κ2) is 19.4. The van der Waals surface area contributed by atoms with Crippen LogP contribution in [0.4, 0.5) is 4.39 Å². The van der Waals surface area contributed by atoms with Crippen molar-refractivity contribution in [1.29, 1.82) is 0 Å². The van der Waals surface area contributed by atoms with Crippen LogP contribution in [0, 0.1) is 6.92 Å². The molecule has 2 heterocycles. The molecule has 4 nitrogen and oxygen atoms in total. The van der Waals surface area contributed by atoms with Crippen molar-refractivity contribution >= 4 is 29.9 Å². The average molecular weight is 915 g/mol. The van der Waals surface area contributed by atoms with E-state index in [1.807, 2.05) is 55.4 Å². The number of rotatable bonds is 3. The van der Waals surface area contributed by atoms with Gasteiger partial charge in [-0.05, 0) is 141 Å². The van der Waals surface area contributed by atoms with E-state index in [0.29, 0.717) is 0 Å². The van der Waals surface area contributed by atoms with Crippen molar-refractivity contribution in [2.24, 2.45) is 0 Å². The van der Waals surface area contributed by atoms with Crippen molar-refractivity contribution in [3.05, 3.63) is 117 Å². The highest BCUT2D eigenvalue weighted by Gasteiger charge is 2.63. The van der Waals surface area contributed by atoms with E-state index in [1.54, 1.807) is 0 Å². The number of halogens is 2. The van der Waals surface area contributed by atoms with E-state index < -0.39 is 21.2 Å². The van der Waals surface area contributed by atoms with Crippen LogP contribution in [-0.2, 0) is 40.3 Å². The first kappa shape index (κ1) is 51.9. The molecule has 0 aliphatic carbocycles. The Morgan fingerprint density at radius 1 is 0.435 bits per heavy atom. The number of alkyl halides is 1. The molecule has 0 bridgehead atoms. The van der Waals surface area contributed by atoms with Gasteiger partial charge in [-0.3, -0.25) is 4.39 Å². The van der Waals surface area contributed by atoms with Crippen molar-refractivity contribution in [3.63, 3.8) is 0 Å². The van der Waals surface area contributed by atoms with Crippen molar-refractivity contribution in [1.82, 2.24) is 0 Å². The summed E-state index contributed by atoms with van der Waals surface area (Å²) in [7, 11) is -1.95. The summed E-state index contributed by atoms with van der Waals surface area (Å²) < 4.78 is 40.5. The van der Waals surface area contributed by atoms with E-state index in [-0.39, 0.29) is 44.1 Å². The third kappa shape index (κ3) is 13.6. The van der Waals surface area contributed by atoms with Crippen LogP contribution >= 0.6 is 15.9 Å². The summed E-state index contributed by atoms with van der Waals surface area (Å²) in [5, 5.41) is 0. The third-order valence-corrected chi connectivity index (χ3v) is 13.2. The lowest BCUT2D eigenvalue weighted by molar-refractivity contribution is 0.00578. The van der Waals surface area contributed by atoms with E-state index in [1.165, 1.54) is 50.1 Å². The topological polar surface area (TPSA) is 36.9 Å². The first-order valence-electron chi connectivity index (χ1n) is 22.9. The molecule has 8 heteroatoms. The van der Waals surface area contributed by atoms with Crippen LogP contribution in [-0.4, -0.2) is 43.6 Å². The van der Waals surface area contributed by atoms with Crippen molar-refractivity contribution in [2.45, 2.75) is 189 Å². The van der Waals surface area contributed by atoms with Gasteiger partial charge in [0.1, 0.15) is 0 Å². The fourth-order valence-corrected chi connectivity index (χ4v) is 6.97. The standard InChI is InChI=1S/C21H28.C20H25Br.C12H24B2O4.CH3F/c1-15-8-10-16(11-9-15)17-12-18(20(2,3)4)14-19(13-17)21(5,6)7;1-19(2,3)16-11-15(12-17(13-16)20(4,5)6)14-7-9-18(21)10-8-14;1-9(2)10(3,4)16-13(15-9)14-17-11(5,6)12(7,8)18-14;1-2/h8-14H,1-7H3;7-13H,1-6H3;1-8H3;1H3/i;;;1D. The number of benzene rings is 4. The summed E-state index contributed by atoms with van der Waals surface area (Å²) >= 11 is 3.51. The van der Waals surface area contributed by atoms with Gasteiger partial charge in [-0.1, -0.05) is 177 Å². The van der Waals surface area contributed by atoms with E-state index in [9.17, 15) is 4.39 Å². The minimum Gasteiger partial charge on any atom is -0.405 e. The van der Waals surface area contributed by atoms with Gasteiger partial charge in [-0.15, -0.1) is 0 Å². The molecule has 0 aromatic heterocycles. The van der Waals surface area contributed by atoms with Crippen molar-refractivity contribution < 1.29 is 24.4 Å². The highest BCUT2D eigenvalue weighted by molar-refractivity contribution is 9.10. The predicted molar refractivity (Wildman–Crippen MR) is 270 cm³/mol. The van der Waals surface area contributed by atoms with Crippen LogP contribution in [0.3, 0.4) is 0 Å². The van der Waals surface area contributed by atoms with Crippen LogP contribution in [0.1, 0.15) is 168 Å². The predicted octanol–water partition coefficient (Wildman–Crippen LogP) is 15.8. The fraction of sp³-hybridized carbons (Fsp3) is 0.556. The summed E-state index contributed by atoms with van der Waals surface area (Å²) in [5.41, 5.74) is 11.3. The molecule has 2 fully saturated rings. The quantitative estimate of drug-likeness (QED) is 0.192. The zero-order chi connectivity index (χ0) is 48.4. The molecule has 62 heavy (non-hydrogen) atoms. The van der Waals surface area contributed by atoms with Gasteiger partial charge in [0, 0.05) is 4.47 Å². The molecule has 2 aliphatic heterocycles. The summed E-state index contributed by atoms with van der Waals surface area (Å²) in [6, 6.07) is 31.5. The van der Waals surface area contributed by atoms with Gasteiger partial charge in [-0.2, -0.15) is 0 Å². The second-order valence-electron chi connectivity index (χ2n) is 23.2. The second-order valence-corrected chi connectivity index (χ2v) is 24.1. The summed E-state index contributed by atoms with van der Waals surface area (Å²) in [6.07, 6.45) is 0. The fourth-order valence-electron chi connectivity index (χ4n) is 6.71. The molecule has 0 amide bonds. The molecule has 6 rings (SSSR count). The van der Waals surface area contributed by atoms with Gasteiger partial charge >= 0.3 is 14.0 Å². The number of aryl methyl sites for hydroxylation is 1. The SMILES string of the molecule is CC(C)(C)c1cc(-c2ccc(Br)cc2)cc(C(C)(C)C)c1.CC1(C)OB(B2OC(C)(C)C(C)(C)O2)OC1(C)C.Cc1ccc(-c2cc(C(C)(C)C)cc(C(C)(C)C)c2)cc1.[2H]CF. The van der Waals surface area contributed by atoms with Crippen LogP contribution in [0.2, 0.25) is 0 Å². The van der Waals surface area contributed by atoms with Crippen molar-refractivity contribution in [2.75, 3.05) is 7.15 Å². The zero-order valence-electron chi connectivity index (χ0n) is 43.3. The number of hydrogen-bond acceptors (Lipinski definition) is 4. The van der Waals surface area contributed by atoms with Gasteiger partial charge in [0.05, 0.1) is 30.9 Å². The molecule has 0 N–H and O–H groups in total. The molecule has 0 unspecified atom stereocenters. The third-order valence-electron chi connectivity index (χ3n) is 12.7. The Labute approximate surface area is 388 Å². The first-order chi connectivity index (χ1) is 28.4. The molecule has 4 aromatic carbocycles. The molecule has 4 aromatic rings. The minimum atomic E-state index is -1.00. The summed E-state index contributed by atoms with van der Waals surface area (Å²) in [5.74, 6) is 0. The maximum atomic E-state index is 9.96. The van der Waals surface area contributed by atoms with Crippen molar-refractivity contribution in [3.8, 4) is 22.3 Å². The molecular formula is C54H80B2BrFO4. The highest BCUT2D eigenvalue weighted by atomic mass is 79.9. The lowest BCUT2D eigenvalue weighted by atomic mass is 9.49. The van der Waals surface area contributed by atoms with E-state index in [2.05, 4.69) is 191 Å². The van der Waals surface area contributed by atoms with E-state index in [0.717, 1.165) is 4.47 Å². The molecule has 0 radical (unpaired) electrons. The Hall–Kier alpha value is -2.74. The average Bonchev–Trinajstić information content (AvgIpc) is 3.50. The Kier molecular flexibility index (Phi) is 16.2. The maximum Gasteiger partial charge on any atom is 0.488 e. The normalized spacial score (nSPS) is 18.1. The molecule has 2 aliphatic rings. The Morgan fingerprint density at radius 2 is 0.661 bits per heavy atom. The maximum absolute atomic E-state index is 9.96. The van der Waals surface area contributed by atoms with Crippen LogP contribution < -0.4 is 0 Å². The molecule has 0 saturated carbocycles. The first-order valence-corrected chi connectivity index (χ1v) is 22.9. The summed E-state index contributed by atoms with van der Waals surface area (Å²) in [4.78, 5) is 0. The van der Waals surface area contributed by atoms with Crippen LogP contribution in [0.25, 0.3) is 22.3 Å². The highest BCUT2D eigenvalue weighted by Crippen LogP contribution is 2.43. The largest absolute Gasteiger partial charge is 0.488 e. The summed E-state index contributed by atoms with van der Waals surface area (Å²) in [6.45, 7) is 45.7. The van der Waals surface area contributed by atoms with Gasteiger partial charge < -0.3 is 18.6 Å². The Balaban J connectivity index is 0.000000244. The molecular weight excluding hydrogens is 833 g/mol. The van der Waals surface area contributed by atoms with Gasteiger partial charge in [-0.25, -0.2) is 0 Å². The molecule has 2 saturated heterocycles. The van der Waals surface area contributed by atoms with Gasteiger partial charge in [0.15, 0.2) is 0 Å². The Morgan fingerprint density at radius 3 is 0.887 bits per heavy atom. The zero-order valence-corrected chi connectivity index (χ0v) is 43.9. The van der Waals surface area contributed by atoms with E-state index >= 15 is 0 Å². The van der Waals surface area contributed by atoms with E-state index in [4.69, 9.17) is 20.0 Å². The minimum absolute atomic E-state index is 0.158. The smallest absolute Gasteiger partial charge is 0.405 e. The molecule has 340 valence electrons. The molecule has 0 atom stereocenters.